The van der Waals surface area contributed by atoms with Gasteiger partial charge in [0.25, 0.3) is 0 Å². The summed E-state index contributed by atoms with van der Waals surface area (Å²) in [6.07, 6.45) is 3.62. The second-order valence-corrected chi connectivity index (χ2v) is 6.27. The zero-order valence-corrected chi connectivity index (χ0v) is 10.5. The number of fused-ring (bicyclic) bond motifs is 1. The van der Waals surface area contributed by atoms with E-state index in [1.165, 1.54) is 37.4 Å². The van der Waals surface area contributed by atoms with Crippen molar-refractivity contribution in [2.45, 2.75) is 32.3 Å². The van der Waals surface area contributed by atoms with E-state index in [0.717, 1.165) is 18.9 Å². The molecule has 3 atom stereocenters. The van der Waals surface area contributed by atoms with E-state index in [1.807, 2.05) is 11.8 Å². The molecule has 1 saturated carbocycles. The number of nitrogens with zero attached hydrogens (tertiary/aromatic N) is 1. The third kappa shape index (κ3) is 2.89. The van der Waals surface area contributed by atoms with Crippen molar-refractivity contribution in [3.05, 3.63) is 0 Å². The van der Waals surface area contributed by atoms with E-state index in [0.29, 0.717) is 5.92 Å². The van der Waals surface area contributed by atoms with Gasteiger partial charge in [-0.1, -0.05) is 6.92 Å². The molecule has 88 valence electrons. The molecule has 3 heteroatoms. The number of hydrogen-bond donors (Lipinski definition) is 1. The Kier molecular flexibility index (Phi) is 4.35. The Morgan fingerprint density at radius 1 is 1.33 bits per heavy atom. The smallest absolute Gasteiger partial charge is 0.0583 e. The third-order valence-electron chi connectivity index (χ3n) is 3.86. The Balaban J connectivity index is 1.65. The normalized spacial score (nSPS) is 36.0. The Hall–Kier alpha value is 0.270. The largest absolute Gasteiger partial charge is 0.393 e. The first-order valence-corrected chi connectivity index (χ1v) is 7.45. The van der Waals surface area contributed by atoms with E-state index in [1.54, 1.807) is 0 Å². The van der Waals surface area contributed by atoms with Gasteiger partial charge in [-0.3, -0.25) is 0 Å². The van der Waals surface area contributed by atoms with Gasteiger partial charge in [0.05, 0.1) is 6.10 Å². The Labute approximate surface area is 97.4 Å². The topological polar surface area (TPSA) is 23.5 Å². The molecular formula is C12H23NOS. The van der Waals surface area contributed by atoms with Crippen LogP contribution in [-0.4, -0.2) is 47.3 Å². The number of likely N-dealkylation sites (tertiary alicyclic amines) is 1. The molecule has 1 heterocycles. The highest BCUT2D eigenvalue weighted by atomic mass is 32.2. The maximum Gasteiger partial charge on any atom is 0.0583 e. The van der Waals surface area contributed by atoms with Gasteiger partial charge in [-0.2, -0.15) is 11.8 Å². The molecule has 1 aliphatic carbocycles. The van der Waals surface area contributed by atoms with Crippen LogP contribution in [0.5, 0.6) is 0 Å². The highest BCUT2D eigenvalue weighted by Gasteiger charge is 2.41. The maximum absolute atomic E-state index is 9.80. The van der Waals surface area contributed by atoms with Crippen LogP contribution < -0.4 is 0 Å². The summed E-state index contributed by atoms with van der Waals surface area (Å²) in [5.74, 6) is 3.94. The lowest BCUT2D eigenvalue weighted by Gasteiger charge is -2.17. The van der Waals surface area contributed by atoms with Crippen molar-refractivity contribution in [1.82, 2.24) is 4.90 Å². The summed E-state index contributed by atoms with van der Waals surface area (Å²) in [7, 11) is 0. The van der Waals surface area contributed by atoms with Crippen molar-refractivity contribution in [3.8, 4) is 0 Å². The summed E-state index contributed by atoms with van der Waals surface area (Å²) >= 11 is 2.04. The summed E-state index contributed by atoms with van der Waals surface area (Å²) in [6.45, 7) is 5.87. The highest BCUT2D eigenvalue weighted by Crippen LogP contribution is 2.37. The zero-order valence-electron chi connectivity index (χ0n) is 9.69. The minimum atomic E-state index is 0.00465. The molecule has 0 amide bonds. The fourth-order valence-corrected chi connectivity index (χ4v) is 3.67. The molecule has 15 heavy (non-hydrogen) atoms. The predicted octanol–water partition coefficient (Wildman–Crippen LogP) is 1.83. The molecule has 0 aromatic carbocycles. The summed E-state index contributed by atoms with van der Waals surface area (Å²) in [5.41, 5.74) is 0. The van der Waals surface area contributed by atoms with Crippen molar-refractivity contribution < 1.29 is 5.11 Å². The fourth-order valence-electron chi connectivity index (χ4n) is 3.05. The lowest BCUT2D eigenvalue weighted by Crippen LogP contribution is -2.26. The van der Waals surface area contributed by atoms with Crippen LogP contribution >= 0.6 is 11.8 Å². The van der Waals surface area contributed by atoms with Crippen LogP contribution in [0.2, 0.25) is 0 Å². The Morgan fingerprint density at radius 2 is 2.20 bits per heavy atom. The molecule has 0 bridgehead atoms. The molecule has 0 radical (unpaired) electrons. The van der Waals surface area contributed by atoms with Gasteiger partial charge in [-0.05, 0) is 43.2 Å². The molecule has 3 unspecified atom stereocenters. The van der Waals surface area contributed by atoms with Gasteiger partial charge in [-0.25, -0.2) is 0 Å². The zero-order chi connectivity index (χ0) is 10.7. The second kappa shape index (κ2) is 5.55. The van der Waals surface area contributed by atoms with E-state index >= 15 is 0 Å². The molecule has 1 saturated heterocycles. The SMILES string of the molecule is CCSCCCN1CC2CCC(O)C2C1. The van der Waals surface area contributed by atoms with E-state index in [2.05, 4.69) is 11.8 Å². The van der Waals surface area contributed by atoms with E-state index < -0.39 is 0 Å². The molecule has 2 fully saturated rings. The van der Waals surface area contributed by atoms with Gasteiger partial charge in [0, 0.05) is 19.0 Å². The summed E-state index contributed by atoms with van der Waals surface area (Å²) < 4.78 is 0. The molecule has 1 N–H and O–H groups in total. The molecule has 2 rings (SSSR count). The first-order valence-electron chi connectivity index (χ1n) is 6.29. The summed E-state index contributed by atoms with van der Waals surface area (Å²) in [5, 5.41) is 9.80. The second-order valence-electron chi connectivity index (χ2n) is 4.88. The van der Waals surface area contributed by atoms with E-state index in [4.69, 9.17) is 0 Å². The molecule has 0 spiro atoms. The van der Waals surface area contributed by atoms with Crippen LogP contribution in [0.15, 0.2) is 0 Å². The summed E-state index contributed by atoms with van der Waals surface area (Å²) in [4.78, 5) is 2.56. The number of aliphatic hydroxyl groups excluding tert-OH is 1. The first-order chi connectivity index (χ1) is 7.31. The maximum atomic E-state index is 9.80. The quantitative estimate of drug-likeness (QED) is 0.728. The van der Waals surface area contributed by atoms with Crippen LogP contribution in [0.1, 0.15) is 26.2 Å². The Bertz CT molecular complexity index is 200. The highest BCUT2D eigenvalue weighted by molar-refractivity contribution is 7.99. The molecule has 0 aromatic heterocycles. The van der Waals surface area contributed by atoms with Gasteiger partial charge in [-0.15, -0.1) is 0 Å². The van der Waals surface area contributed by atoms with Gasteiger partial charge in [0.2, 0.25) is 0 Å². The minimum Gasteiger partial charge on any atom is -0.393 e. The molecule has 0 aromatic rings. The van der Waals surface area contributed by atoms with E-state index in [-0.39, 0.29) is 6.10 Å². The molecule has 2 aliphatic rings. The van der Waals surface area contributed by atoms with Crippen molar-refractivity contribution in [2.24, 2.45) is 11.8 Å². The van der Waals surface area contributed by atoms with Gasteiger partial charge < -0.3 is 10.0 Å². The predicted molar refractivity (Wildman–Crippen MR) is 66.3 cm³/mol. The minimum absolute atomic E-state index is 0.00465. The summed E-state index contributed by atoms with van der Waals surface area (Å²) in [6, 6.07) is 0. The van der Waals surface area contributed by atoms with Crippen LogP contribution in [-0.2, 0) is 0 Å². The standard InChI is InChI=1S/C12H23NOS/c1-2-15-7-3-6-13-8-10-4-5-12(14)11(10)9-13/h10-12,14H,2-9H2,1H3. The lowest BCUT2D eigenvalue weighted by atomic mass is 10.00. The average Bonchev–Trinajstić information content (AvgIpc) is 2.76. The van der Waals surface area contributed by atoms with Crippen molar-refractivity contribution >= 4 is 11.8 Å². The van der Waals surface area contributed by atoms with Crippen molar-refractivity contribution in [2.75, 3.05) is 31.1 Å². The van der Waals surface area contributed by atoms with Crippen LogP contribution in [0.3, 0.4) is 0 Å². The Morgan fingerprint density at radius 3 is 2.93 bits per heavy atom. The lowest BCUT2D eigenvalue weighted by molar-refractivity contribution is 0.124. The number of aliphatic hydroxyl groups is 1. The first kappa shape index (κ1) is 11.7. The van der Waals surface area contributed by atoms with Gasteiger partial charge in [0.1, 0.15) is 0 Å². The van der Waals surface area contributed by atoms with Gasteiger partial charge in [0.15, 0.2) is 0 Å². The third-order valence-corrected chi connectivity index (χ3v) is 4.85. The van der Waals surface area contributed by atoms with Crippen LogP contribution in [0, 0.1) is 11.8 Å². The number of hydrogen-bond acceptors (Lipinski definition) is 3. The molecule has 1 aliphatic heterocycles. The van der Waals surface area contributed by atoms with Crippen LogP contribution in [0.25, 0.3) is 0 Å². The van der Waals surface area contributed by atoms with Gasteiger partial charge >= 0.3 is 0 Å². The molecule has 2 nitrogen and oxygen atoms in total. The number of rotatable bonds is 5. The van der Waals surface area contributed by atoms with E-state index in [9.17, 15) is 5.11 Å². The monoisotopic (exact) mass is 229 g/mol. The van der Waals surface area contributed by atoms with Crippen molar-refractivity contribution in [1.29, 1.82) is 0 Å². The fraction of sp³-hybridized carbons (Fsp3) is 1.00. The van der Waals surface area contributed by atoms with Crippen molar-refractivity contribution in [3.63, 3.8) is 0 Å². The average molecular weight is 229 g/mol. The molecular weight excluding hydrogens is 206 g/mol. The van der Waals surface area contributed by atoms with Crippen LogP contribution in [0.4, 0.5) is 0 Å². The number of thioether (sulfide) groups is 1.